The quantitative estimate of drug-likeness (QED) is 0.821. The highest BCUT2D eigenvalue weighted by Gasteiger charge is 2.07. The van der Waals surface area contributed by atoms with Gasteiger partial charge in [0.15, 0.2) is 0 Å². The molecule has 0 spiro atoms. The molecule has 0 unspecified atom stereocenters. The van der Waals surface area contributed by atoms with Crippen LogP contribution in [0.3, 0.4) is 0 Å². The monoisotopic (exact) mass is 265 g/mol. The first-order valence-corrected chi connectivity index (χ1v) is 6.83. The van der Waals surface area contributed by atoms with Gasteiger partial charge >= 0.3 is 0 Å². The molecule has 1 N–H and O–H groups in total. The number of nitrogens with one attached hydrogen (secondary N) is 1. The minimum Gasteiger partial charge on any atom is -0.322 e. The van der Waals surface area contributed by atoms with Gasteiger partial charge in [0.05, 0.1) is 0 Å². The number of benzene rings is 2. The molecule has 0 bridgehead atoms. The molecule has 2 rings (SSSR count). The van der Waals surface area contributed by atoms with Crippen LogP contribution in [0.25, 0.3) is 6.08 Å². The van der Waals surface area contributed by atoms with Gasteiger partial charge in [-0.25, -0.2) is 0 Å². The van der Waals surface area contributed by atoms with Gasteiger partial charge in [-0.1, -0.05) is 55.5 Å². The first-order valence-electron chi connectivity index (χ1n) is 6.83. The van der Waals surface area contributed by atoms with Crippen LogP contribution >= 0.6 is 0 Å². The van der Waals surface area contributed by atoms with Crippen molar-refractivity contribution in [1.82, 2.24) is 0 Å². The Morgan fingerprint density at radius 1 is 1.05 bits per heavy atom. The van der Waals surface area contributed by atoms with Crippen molar-refractivity contribution >= 4 is 17.7 Å². The highest BCUT2D eigenvalue weighted by molar-refractivity contribution is 6.06. The lowest BCUT2D eigenvalue weighted by Gasteiger charge is -2.09. The molecule has 0 heterocycles. The Bertz CT molecular complexity index is 614. The predicted molar refractivity (Wildman–Crippen MR) is 84.5 cm³/mol. The van der Waals surface area contributed by atoms with E-state index in [0.29, 0.717) is 5.57 Å². The number of carbonyl (C=O) groups excluding carboxylic acids is 1. The van der Waals surface area contributed by atoms with Gasteiger partial charge in [-0.3, -0.25) is 4.79 Å². The van der Waals surface area contributed by atoms with Crippen LogP contribution in [0.15, 0.2) is 60.2 Å². The van der Waals surface area contributed by atoms with Gasteiger partial charge in [0, 0.05) is 11.3 Å². The first-order chi connectivity index (χ1) is 9.70. The Labute approximate surface area is 120 Å². The smallest absolute Gasteiger partial charge is 0.251 e. The first kappa shape index (κ1) is 14.1. The summed E-state index contributed by atoms with van der Waals surface area (Å²) >= 11 is 0. The van der Waals surface area contributed by atoms with E-state index >= 15 is 0 Å². The lowest BCUT2D eigenvalue weighted by molar-refractivity contribution is -0.112. The lowest BCUT2D eigenvalue weighted by atomic mass is 10.1. The lowest BCUT2D eigenvalue weighted by Crippen LogP contribution is -2.13. The van der Waals surface area contributed by atoms with E-state index in [1.807, 2.05) is 67.6 Å². The second-order valence-electron chi connectivity index (χ2n) is 4.70. The second kappa shape index (κ2) is 6.71. The standard InChI is InChI=1S/C18H19NO/c1-3-16-11-7-8-12-17(16)19-18(20)14(2)13-15-9-5-4-6-10-15/h4-13H,3H2,1-2H3,(H,19,20)/b14-13+. The Balaban J connectivity index is 2.14. The molecule has 0 radical (unpaired) electrons. The molecule has 0 saturated carbocycles. The molecule has 102 valence electrons. The average Bonchev–Trinajstić information content (AvgIpc) is 2.48. The summed E-state index contributed by atoms with van der Waals surface area (Å²) in [5, 5.41) is 2.97. The summed E-state index contributed by atoms with van der Waals surface area (Å²) in [5.74, 6) is -0.0604. The maximum atomic E-state index is 12.2. The number of aryl methyl sites for hydroxylation is 1. The molecule has 20 heavy (non-hydrogen) atoms. The Morgan fingerprint density at radius 3 is 2.40 bits per heavy atom. The number of rotatable bonds is 4. The molecule has 2 aromatic rings. The molecule has 0 fully saturated rings. The summed E-state index contributed by atoms with van der Waals surface area (Å²) in [4.78, 5) is 12.2. The Morgan fingerprint density at radius 2 is 1.70 bits per heavy atom. The van der Waals surface area contributed by atoms with Crippen molar-refractivity contribution in [3.8, 4) is 0 Å². The zero-order valence-electron chi connectivity index (χ0n) is 11.9. The summed E-state index contributed by atoms with van der Waals surface area (Å²) in [7, 11) is 0. The maximum absolute atomic E-state index is 12.2. The maximum Gasteiger partial charge on any atom is 0.251 e. The van der Waals surface area contributed by atoms with Crippen molar-refractivity contribution < 1.29 is 4.79 Å². The molecule has 0 aromatic heterocycles. The minimum absolute atomic E-state index is 0.0604. The zero-order chi connectivity index (χ0) is 14.4. The van der Waals surface area contributed by atoms with E-state index in [2.05, 4.69) is 12.2 Å². The van der Waals surface area contributed by atoms with Crippen LogP contribution in [0.2, 0.25) is 0 Å². The fraction of sp³-hybridized carbons (Fsp3) is 0.167. The zero-order valence-corrected chi connectivity index (χ0v) is 11.9. The number of anilines is 1. The van der Waals surface area contributed by atoms with E-state index in [0.717, 1.165) is 23.2 Å². The van der Waals surface area contributed by atoms with E-state index in [1.165, 1.54) is 0 Å². The molecule has 2 aromatic carbocycles. The SMILES string of the molecule is CCc1ccccc1NC(=O)/C(C)=C/c1ccccc1. The predicted octanol–water partition coefficient (Wildman–Crippen LogP) is 4.29. The molecule has 1 amide bonds. The van der Waals surface area contributed by atoms with Gasteiger partial charge in [-0.05, 0) is 36.6 Å². The van der Waals surface area contributed by atoms with Gasteiger partial charge in [0.1, 0.15) is 0 Å². The van der Waals surface area contributed by atoms with Crippen molar-refractivity contribution in [2.45, 2.75) is 20.3 Å². The molecule has 0 atom stereocenters. The largest absolute Gasteiger partial charge is 0.322 e. The van der Waals surface area contributed by atoms with Crippen molar-refractivity contribution in [2.75, 3.05) is 5.32 Å². The molecule has 2 nitrogen and oxygen atoms in total. The normalized spacial score (nSPS) is 11.2. The third kappa shape index (κ3) is 3.58. The van der Waals surface area contributed by atoms with Crippen LogP contribution < -0.4 is 5.32 Å². The van der Waals surface area contributed by atoms with Crippen LogP contribution in [0.5, 0.6) is 0 Å². The average molecular weight is 265 g/mol. The summed E-state index contributed by atoms with van der Waals surface area (Å²) in [6.45, 7) is 3.91. The third-order valence-corrected chi connectivity index (χ3v) is 3.19. The van der Waals surface area contributed by atoms with Crippen LogP contribution in [-0.4, -0.2) is 5.91 Å². The fourth-order valence-electron chi connectivity index (χ4n) is 2.04. The van der Waals surface area contributed by atoms with E-state index in [1.54, 1.807) is 0 Å². The summed E-state index contributed by atoms with van der Waals surface area (Å²) in [5.41, 5.74) is 3.76. The third-order valence-electron chi connectivity index (χ3n) is 3.19. The Kier molecular flexibility index (Phi) is 4.72. The summed E-state index contributed by atoms with van der Waals surface area (Å²) in [6.07, 6.45) is 2.79. The summed E-state index contributed by atoms with van der Waals surface area (Å²) in [6, 6.07) is 17.7. The van der Waals surface area contributed by atoms with Crippen LogP contribution in [0.1, 0.15) is 25.0 Å². The summed E-state index contributed by atoms with van der Waals surface area (Å²) < 4.78 is 0. The number of hydrogen-bond donors (Lipinski definition) is 1. The van der Waals surface area contributed by atoms with Crippen LogP contribution in [0.4, 0.5) is 5.69 Å². The van der Waals surface area contributed by atoms with Gasteiger partial charge in [0.2, 0.25) is 0 Å². The molecule has 0 aliphatic heterocycles. The van der Waals surface area contributed by atoms with E-state index in [4.69, 9.17) is 0 Å². The molecular weight excluding hydrogens is 246 g/mol. The number of hydrogen-bond acceptors (Lipinski definition) is 1. The number of carbonyl (C=O) groups is 1. The van der Waals surface area contributed by atoms with Gasteiger partial charge in [0.25, 0.3) is 5.91 Å². The van der Waals surface area contributed by atoms with E-state index in [-0.39, 0.29) is 5.91 Å². The van der Waals surface area contributed by atoms with Crippen LogP contribution in [-0.2, 0) is 11.2 Å². The number of para-hydroxylation sites is 1. The molecule has 0 aliphatic rings. The van der Waals surface area contributed by atoms with Gasteiger partial charge in [-0.2, -0.15) is 0 Å². The molecular formula is C18H19NO. The van der Waals surface area contributed by atoms with Crippen molar-refractivity contribution in [1.29, 1.82) is 0 Å². The molecule has 0 saturated heterocycles. The molecule has 0 aliphatic carbocycles. The van der Waals surface area contributed by atoms with Gasteiger partial charge in [-0.15, -0.1) is 0 Å². The number of amides is 1. The molecule has 2 heteroatoms. The topological polar surface area (TPSA) is 29.1 Å². The highest BCUT2D eigenvalue weighted by atomic mass is 16.1. The second-order valence-corrected chi connectivity index (χ2v) is 4.70. The minimum atomic E-state index is -0.0604. The Hall–Kier alpha value is -2.35. The van der Waals surface area contributed by atoms with E-state index < -0.39 is 0 Å². The van der Waals surface area contributed by atoms with Crippen LogP contribution in [0, 0.1) is 0 Å². The van der Waals surface area contributed by atoms with Crippen molar-refractivity contribution in [3.63, 3.8) is 0 Å². The fourth-order valence-corrected chi connectivity index (χ4v) is 2.04. The van der Waals surface area contributed by atoms with Crippen molar-refractivity contribution in [3.05, 3.63) is 71.3 Å². The van der Waals surface area contributed by atoms with Crippen molar-refractivity contribution in [2.24, 2.45) is 0 Å². The van der Waals surface area contributed by atoms with E-state index in [9.17, 15) is 4.79 Å². The van der Waals surface area contributed by atoms with Gasteiger partial charge < -0.3 is 5.32 Å². The highest BCUT2D eigenvalue weighted by Crippen LogP contribution is 2.17.